The molecule has 27 heavy (non-hydrogen) atoms. The molecule has 1 aliphatic rings. The number of aliphatic imine (C=N–C) groups is 1. The maximum atomic E-state index is 12.2. The minimum Gasteiger partial charge on any atom is -0.493 e. The topological polar surface area (TPSA) is 77.0 Å². The number of para-hydroxylation sites is 1. The normalized spacial score (nSPS) is 16.5. The molecule has 1 heterocycles. The second-order valence-electron chi connectivity index (χ2n) is 5.77. The monoisotopic (exact) mass is 382 g/mol. The van der Waals surface area contributed by atoms with Crippen molar-refractivity contribution >= 4 is 40.6 Å². The van der Waals surface area contributed by atoms with Crippen LogP contribution in [0.4, 0.5) is 5.69 Å². The lowest BCUT2D eigenvalue weighted by Crippen LogP contribution is -2.19. The minimum absolute atomic E-state index is 0.213. The van der Waals surface area contributed by atoms with Gasteiger partial charge in [-0.2, -0.15) is 0 Å². The van der Waals surface area contributed by atoms with Gasteiger partial charge in [0.1, 0.15) is 0 Å². The molecule has 138 valence electrons. The predicted octanol–water partition coefficient (Wildman–Crippen LogP) is 3.82. The molecule has 2 aromatic rings. The van der Waals surface area contributed by atoms with Crippen LogP contribution in [0.3, 0.4) is 0 Å². The number of nitrogens with zero attached hydrogens (tertiary/aromatic N) is 1. The van der Waals surface area contributed by atoms with Crippen LogP contribution in [0.1, 0.15) is 18.1 Å². The molecule has 0 saturated carbocycles. The summed E-state index contributed by atoms with van der Waals surface area (Å²) in [6, 6.07) is 12.8. The Balaban J connectivity index is 1.84. The number of nitrogens with one attached hydrogen (secondary N) is 1. The summed E-state index contributed by atoms with van der Waals surface area (Å²) in [5, 5.41) is 3.30. The molecule has 0 bridgehead atoms. The number of thioether (sulfide) groups is 1. The van der Waals surface area contributed by atoms with Crippen LogP contribution in [-0.4, -0.2) is 24.2 Å². The van der Waals surface area contributed by atoms with E-state index < -0.39 is 5.97 Å². The van der Waals surface area contributed by atoms with Gasteiger partial charge in [0, 0.05) is 6.92 Å². The van der Waals surface area contributed by atoms with Crippen LogP contribution in [0.5, 0.6) is 11.5 Å². The highest BCUT2D eigenvalue weighted by molar-refractivity contribution is 8.18. The van der Waals surface area contributed by atoms with E-state index in [1.165, 1.54) is 25.8 Å². The molecule has 0 spiro atoms. The minimum atomic E-state index is -0.429. The second-order valence-corrected chi connectivity index (χ2v) is 6.80. The zero-order chi connectivity index (χ0) is 19.4. The smallest absolute Gasteiger partial charge is 0.308 e. The van der Waals surface area contributed by atoms with Crippen LogP contribution in [0.15, 0.2) is 52.4 Å². The summed E-state index contributed by atoms with van der Waals surface area (Å²) in [4.78, 5) is 28.4. The zero-order valence-electron chi connectivity index (χ0n) is 15.1. The van der Waals surface area contributed by atoms with Crippen molar-refractivity contribution in [3.8, 4) is 11.5 Å². The van der Waals surface area contributed by atoms with E-state index in [1.54, 1.807) is 24.3 Å². The molecule has 1 fully saturated rings. The van der Waals surface area contributed by atoms with Gasteiger partial charge in [-0.1, -0.05) is 24.3 Å². The Kier molecular flexibility index (Phi) is 5.61. The third-order valence-corrected chi connectivity index (χ3v) is 4.64. The first kappa shape index (κ1) is 18.7. The van der Waals surface area contributed by atoms with Crippen LogP contribution in [0.2, 0.25) is 0 Å². The van der Waals surface area contributed by atoms with Gasteiger partial charge in [0.2, 0.25) is 0 Å². The third kappa shape index (κ3) is 4.57. The molecule has 0 aliphatic carbocycles. The van der Waals surface area contributed by atoms with Crippen molar-refractivity contribution in [2.75, 3.05) is 7.11 Å². The number of rotatable bonds is 4. The standard InChI is InChI=1S/C20H18N2O4S/c1-12-6-4-5-7-15(12)21-20-22-19(24)18(27-20)11-14-8-9-16(26-13(2)23)17(10-14)25-3/h4-11H,1-3H3,(H,21,22,24)/b18-11-. The Bertz CT molecular complexity index is 966. The molecule has 0 radical (unpaired) electrons. The third-order valence-electron chi connectivity index (χ3n) is 3.73. The highest BCUT2D eigenvalue weighted by atomic mass is 32.2. The summed E-state index contributed by atoms with van der Waals surface area (Å²) in [6.07, 6.45) is 1.74. The lowest BCUT2D eigenvalue weighted by atomic mass is 10.2. The van der Waals surface area contributed by atoms with Crippen LogP contribution >= 0.6 is 11.8 Å². The van der Waals surface area contributed by atoms with E-state index in [0.29, 0.717) is 21.6 Å². The van der Waals surface area contributed by atoms with E-state index >= 15 is 0 Å². The van der Waals surface area contributed by atoms with E-state index in [1.807, 2.05) is 31.2 Å². The maximum absolute atomic E-state index is 12.2. The second kappa shape index (κ2) is 8.09. The molecule has 6 nitrogen and oxygen atoms in total. The fraction of sp³-hybridized carbons (Fsp3) is 0.150. The quantitative estimate of drug-likeness (QED) is 0.494. The van der Waals surface area contributed by atoms with Crippen molar-refractivity contribution in [3.63, 3.8) is 0 Å². The van der Waals surface area contributed by atoms with Gasteiger partial charge in [-0.25, -0.2) is 4.99 Å². The van der Waals surface area contributed by atoms with Crippen molar-refractivity contribution in [1.82, 2.24) is 5.32 Å². The number of hydrogen-bond acceptors (Lipinski definition) is 6. The van der Waals surface area contributed by atoms with Crippen molar-refractivity contribution < 1.29 is 19.1 Å². The molecule has 1 amide bonds. The van der Waals surface area contributed by atoms with Crippen molar-refractivity contribution in [3.05, 3.63) is 58.5 Å². The zero-order valence-corrected chi connectivity index (χ0v) is 15.9. The molecule has 3 rings (SSSR count). The number of benzene rings is 2. The molecule has 1 N–H and O–H groups in total. The van der Waals surface area contributed by atoms with Gasteiger partial charge in [-0.05, 0) is 54.1 Å². The van der Waals surface area contributed by atoms with Crippen molar-refractivity contribution in [2.45, 2.75) is 13.8 Å². The Morgan fingerprint density at radius 1 is 1.19 bits per heavy atom. The van der Waals surface area contributed by atoms with Crippen LogP contribution < -0.4 is 14.8 Å². The number of amidine groups is 1. The number of carbonyl (C=O) groups is 2. The highest BCUT2D eigenvalue weighted by Crippen LogP contribution is 2.32. The number of aryl methyl sites for hydroxylation is 1. The number of methoxy groups -OCH3 is 1. The van der Waals surface area contributed by atoms with Crippen molar-refractivity contribution in [2.24, 2.45) is 4.99 Å². The Labute approximate surface area is 161 Å². The van der Waals surface area contributed by atoms with E-state index in [-0.39, 0.29) is 5.91 Å². The van der Waals surface area contributed by atoms with Gasteiger partial charge in [-0.15, -0.1) is 0 Å². The van der Waals surface area contributed by atoms with Gasteiger partial charge < -0.3 is 14.8 Å². The van der Waals surface area contributed by atoms with E-state index in [2.05, 4.69) is 10.3 Å². The van der Waals surface area contributed by atoms with E-state index in [9.17, 15) is 9.59 Å². The number of amides is 1. The summed E-state index contributed by atoms with van der Waals surface area (Å²) in [5.41, 5.74) is 2.59. The average molecular weight is 382 g/mol. The molecular formula is C20H18N2O4S. The molecular weight excluding hydrogens is 364 g/mol. The average Bonchev–Trinajstić information content (AvgIpc) is 2.97. The first-order chi connectivity index (χ1) is 13.0. The van der Waals surface area contributed by atoms with Gasteiger partial charge in [0.25, 0.3) is 5.91 Å². The van der Waals surface area contributed by atoms with Gasteiger partial charge >= 0.3 is 5.97 Å². The summed E-state index contributed by atoms with van der Waals surface area (Å²) >= 11 is 1.27. The van der Waals surface area contributed by atoms with Crippen LogP contribution in [0.25, 0.3) is 6.08 Å². The van der Waals surface area contributed by atoms with Gasteiger partial charge in [-0.3, -0.25) is 9.59 Å². The molecule has 7 heteroatoms. The maximum Gasteiger partial charge on any atom is 0.308 e. The Morgan fingerprint density at radius 2 is 1.96 bits per heavy atom. The Morgan fingerprint density at radius 3 is 2.67 bits per heavy atom. The summed E-state index contributed by atoms with van der Waals surface area (Å²) in [5.74, 6) is 0.104. The molecule has 0 aromatic heterocycles. The fourth-order valence-corrected chi connectivity index (χ4v) is 3.28. The van der Waals surface area contributed by atoms with Gasteiger partial charge in [0.05, 0.1) is 17.7 Å². The largest absolute Gasteiger partial charge is 0.493 e. The Hall–Kier alpha value is -3.06. The van der Waals surface area contributed by atoms with E-state index in [0.717, 1.165) is 16.8 Å². The number of ether oxygens (including phenoxy) is 2. The first-order valence-electron chi connectivity index (χ1n) is 8.18. The summed E-state index contributed by atoms with van der Waals surface area (Å²) < 4.78 is 10.3. The summed E-state index contributed by atoms with van der Waals surface area (Å²) in [6.45, 7) is 3.29. The lowest BCUT2D eigenvalue weighted by molar-refractivity contribution is -0.132. The SMILES string of the molecule is COc1cc(/C=C2\SC(=Nc3ccccc3C)NC2=O)ccc1OC(C)=O. The molecule has 1 aliphatic heterocycles. The van der Waals surface area contributed by atoms with Crippen LogP contribution in [-0.2, 0) is 9.59 Å². The molecule has 0 unspecified atom stereocenters. The van der Waals surface area contributed by atoms with Crippen LogP contribution in [0, 0.1) is 6.92 Å². The molecule has 2 aromatic carbocycles. The lowest BCUT2D eigenvalue weighted by Gasteiger charge is -2.08. The predicted molar refractivity (Wildman–Crippen MR) is 106 cm³/mol. The summed E-state index contributed by atoms with van der Waals surface area (Å²) in [7, 11) is 1.49. The number of carbonyl (C=O) groups excluding carboxylic acids is 2. The van der Waals surface area contributed by atoms with Crippen molar-refractivity contribution in [1.29, 1.82) is 0 Å². The number of esters is 1. The highest BCUT2D eigenvalue weighted by Gasteiger charge is 2.24. The van der Waals surface area contributed by atoms with Gasteiger partial charge in [0.15, 0.2) is 16.7 Å². The number of hydrogen-bond donors (Lipinski definition) is 1. The first-order valence-corrected chi connectivity index (χ1v) is 8.99. The molecule has 0 atom stereocenters. The fourth-order valence-electron chi connectivity index (χ4n) is 2.44. The van der Waals surface area contributed by atoms with E-state index in [4.69, 9.17) is 9.47 Å². The molecule has 1 saturated heterocycles.